The molecule has 0 bridgehead atoms. The molecule has 2 unspecified atom stereocenters. The number of benzene rings is 2. The summed E-state index contributed by atoms with van der Waals surface area (Å²) in [4.78, 5) is 21.5. The molecule has 3 aromatic rings. The predicted octanol–water partition coefficient (Wildman–Crippen LogP) is 4.81. The van der Waals surface area contributed by atoms with Gasteiger partial charge in [-0.15, -0.1) is 0 Å². The summed E-state index contributed by atoms with van der Waals surface area (Å²) in [5.74, 6) is -2.32. The molecule has 4 rings (SSSR count). The molecule has 0 radical (unpaired) electrons. The first-order valence-electron chi connectivity index (χ1n) is 9.86. The van der Waals surface area contributed by atoms with Crippen LogP contribution < -0.4 is 0 Å². The van der Waals surface area contributed by atoms with E-state index < -0.39 is 35.2 Å². The van der Waals surface area contributed by atoms with Gasteiger partial charge in [-0.2, -0.15) is 13.2 Å². The second kappa shape index (κ2) is 7.51. The maximum absolute atomic E-state index is 14.9. The molecule has 1 aliphatic rings. The third-order valence-electron chi connectivity index (χ3n) is 5.64. The van der Waals surface area contributed by atoms with Crippen molar-refractivity contribution in [1.82, 2.24) is 4.98 Å². The van der Waals surface area contributed by atoms with Gasteiger partial charge in [-0.1, -0.05) is 56.3 Å². The van der Waals surface area contributed by atoms with Crippen molar-refractivity contribution in [3.05, 3.63) is 54.2 Å². The van der Waals surface area contributed by atoms with E-state index in [4.69, 9.17) is 9.47 Å². The number of methoxy groups -OCH3 is 1. The molecule has 0 saturated heterocycles. The standard InChI is InChI=1S/C23H21F3N2O3/c1-13(2)18-12-31-20(28-18)22(21(29)30-3,23(24,25)26)19-16-10-5-4-8-14(16)15-9-6-7-11-17(15)27-19/h4-11,13,18H,12H2,1-3H3. The fourth-order valence-electron chi connectivity index (χ4n) is 3.94. The lowest BCUT2D eigenvalue weighted by Gasteiger charge is -2.32. The summed E-state index contributed by atoms with van der Waals surface area (Å²) in [6.45, 7) is 3.61. The zero-order valence-corrected chi connectivity index (χ0v) is 17.2. The van der Waals surface area contributed by atoms with Crippen LogP contribution >= 0.6 is 0 Å². The number of alkyl halides is 3. The fourth-order valence-corrected chi connectivity index (χ4v) is 3.94. The Morgan fingerprint density at radius 1 is 1.06 bits per heavy atom. The summed E-state index contributed by atoms with van der Waals surface area (Å²) in [6, 6.07) is 12.9. The molecule has 0 amide bonds. The number of hydrogen-bond donors (Lipinski definition) is 0. The molecule has 162 valence electrons. The molecule has 0 aliphatic carbocycles. The van der Waals surface area contributed by atoms with Crippen LogP contribution in [0.4, 0.5) is 13.2 Å². The van der Waals surface area contributed by atoms with Crippen LogP contribution in [0.1, 0.15) is 19.5 Å². The Morgan fingerprint density at radius 2 is 1.68 bits per heavy atom. The minimum atomic E-state index is -5.11. The molecule has 0 fully saturated rings. The van der Waals surface area contributed by atoms with Crippen molar-refractivity contribution in [2.75, 3.05) is 13.7 Å². The first kappa shape index (κ1) is 21.1. The molecule has 0 saturated carbocycles. The lowest BCUT2D eigenvalue weighted by molar-refractivity contribution is -0.195. The Labute approximate surface area is 176 Å². The van der Waals surface area contributed by atoms with Gasteiger partial charge in [0.1, 0.15) is 6.61 Å². The Hall–Kier alpha value is -3.16. The Kier molecular flexibility index (Phi) is 5.11. The molecule has 5 nitrogen and oxygen atoms in total. The number of ether oxygens (including phenoxy) is 2. The molecular formula is C23H21F3N2O3. The summed E-state index contributed by atoms with van der Waals surface area (Å²) in [5.41, 5.74) is -3.45. The first-order valence-corrected chi connectivity index (χ1v) is 9.86. The number of halogens is 3. The lowest BCUT2D eigenvalue weighted by atomic mass is 9.79. The number of nitrogens with zero attached hydrogens (tertiary/aromatic N) is 2. The van der Waals surface area contributed by atoms with E-state index in [0.29, 0.717) is 16.3 Å². The van der Waals surface area contributed by atoms with E-state index >= 15 is 0 Å². The minimum absolute atomic E-state index is 0.0483. The summed E-state index contributed by atoms with van der Waals surface area (Å²) < 4.78 is 54.9. The Balaban J connectivity index is 2.16. The van der Waals surface area contributed by atoms with Crippen molar-refractivity contribution in [3.63, 3.8) is 0 Å². The SMILES string of the molecule is COC(=O)C(C1=NC(C(C)C)CO1)(c1nc2ccccc2c2ccccc12)C(F)(F)F. The molecule has 2 heterocycles. The Bertz CT molecular complexity index is 1190. The first-order chi connectivity index (χ1) is 14.7. The van der Waals surface area contributed by atoms with Crippen LogP contribution in [0.3, 0.4) is 0 Å². The highest BCUT2D eigenvalue weighted by atomic mass is 19.4. The second-order valence-corrected chi connectivity index (χ2v) is 7.82. The van der Waals surface area contributed by atoms with Crippen LogP contribution in [0.25, 0.3) is 21.7 Å². The second-order valence-electron chi connectivity index (χ2n) is 7.82. The van der Waals surface area contributed by atoms with Crippen LogP contribution in [0.5, 0.6) is 0 Å². The van der Waals surface area contributed by atoms with Crippen LogP contribution in [0.15, 0.2) is 53.5 Å². The van der Waals surface area contributed by atoms with E-state index in [0.717, 1.165) is 7.11 Å². The highest BCUT2D eigenvalue weighted by molar-refractivity contribution is 6.15. The van der Waals surface area contributed by atoms with Crippen molar-refractivity contribution in [3.8, 4) is 0 Å². The minimum Gasteiger partial charge on any atom is -0.477 e. The third-order valence-corrected chi connectivity index (χ3v) is 5.64. The zero-order valence-electron chi connectivity index (χ0n) is 17.2. The maximum atomic E-state index is 14.9. The van der Waals surface area contributed by atoms with Crippen LogP contribution in [0.2, 0.25) is 0 Å². The summed E-state index contributed by atoms with van der Waals surface area (Å²) in [7, 11) is 0.918. The molecular weight excluding hydrogens is 409 g/mol. The number of carbonyl (C=O) groups excluding carboxylic acids is 1. The molecule has 31 heavy (non-hydrogen) atoms. The number of pyridine rings is 1. The number of para-hydroxylation sites is 1. The van der Waals surface area contributed by atoms with Gasteiger partial charge < -0.3 is 9.47 Å². The predicted molar refractivity (Wildman–Crippen MR) is 111 cm³/mol. The van der Waals surface area contributed by atoms with Gasteiger partial charge in [0.2, 0.25) is 5.90 Å². The molecule has 8 heteroatoms. The fraction of sp³-hybridized carbons (Fsp3) is 0.348. The number of esters is 1. The van der Waals surface area contributed by atoms with Crippen molar-refractivity contribution in [1.29, 1.82) is 0 Å². The molecule has 0 spiro atoms. The van der Waals surface area contributed by atoms with Gasteiger partial charge in [0, 0.05) is 10.8 Å². The van der Waals surface area contributed by atoms with E-state index in [-0.39, 0.29) is 17.9 Å². The highest BCUT2D eigenvalue weighted by Gasteiger charge is 2.70. The van der Waals surface area contributed by atoms with Crippen molar-refractivity contribution in [2.24, 2.45) is 10.9 Å². The van der Waals surface area contributed by atoms with E-state index in [1.165, 1.54) is 6.07 Å². The van der Waals surface area contributed by atoms with Crippen molar-refractivity contribution >= 4 is 33.5 Å². The van der Waals surface area contributed by atoms with Crippen molar-refractivity contribution in [2.45, 2.75) is 31.5 Å². The summed E-state index contributed by atoms with van der Waals surface area (Å²) in [6.07, 6.45) is -5.11. The molecule has 1 aliphatic heterocycles. The van der Waals surface area contributed by atoms with Crippen LogP contribution in [-0.2, 0) is 19.7 Å². The monoisotopic (exact) mass is 430 g/mol. The quantitative estimate of drug-likeness (QED) is 0.440. The van der Waals surface area contributed by atoms with Gasteiger partial charge in [0.25, 0.3) is 5.41 Å². The largest absolute Gasteiger partial charge is 0.477 e. The molecule has 2 aromatic carbocycles. The van der Waals surface area contributed by atoms with E-state index in [9.17, 15) is 18.0 Å². The molecule has 2 atom stereocenters. The van der Waals surface area contributed by atoms with Crippen LogP contribution in [-0.4, -0.2) is 42.8 Å². The smallest absolute Gasteiger partial charge is 0.419 e. The zero-order chi connectivity index (χ0) is 22.4. The normalized spacial score (nSPS) is 18.7. The third kappa shape index (κ3) is 3.12. The lowest BCUT2D eigenvalue weighted by Crippen LogP contribution is -2.56. The topological polar surface area (TPSA) is 60.8 Å². The number of hydrogen-bond acceptors (Lipinski definition) is 5. The maximum Gasteiger partial charge on any atom is 0.419 e. The number of aromatic nitrogens is 1. The van der Waals surface area contributed by atoms with Gasteiger partial charge in [0.15, 0.2) is 0 Å². The average Bonchev–Trinajstić information content (AvgIpc) is 3.23. The highest BCUT2D eigenvalue weighted by Crippen LogP contribution is 2.47. The number of fused-ring (bicyclic) bond motifs is 3. The van der Waals surface area contributed by atoms with Crippen LogP contribution in [0, 0.1) is 5.92 Å². The van der Waals surface area contributed by atoms with E-state index in [2.05, 4.69) is 9.98 Å². The summed E-state index contributed by atoms with van der Waals surface area (Å²) >= 11 is 0. The molecule has 0 N–H and O–H groups in total. The van der Waals surface area contributed by atoms with Gasteiger partial charge in [-0.3, -0.25) is 9.78 Å². The number of rotatable bonds is 4. The van der Waals surface area contributed by atoms with E-state index in [1.807, 2.05) is 13.8 Å². The Morgan fingerprint density at radius 3 is 2.26 bits per heavy atom. The van der Waals surface area contributed by atoms with Gasteiger partial charge in [-0.05, 0) is 17.4 Å². The van der Waals surface area contributed by atoms with Gasteiger partial charge >= 0.3 is 12.1 Å². The molecule has 1 aromatic heterocycles. The van der Waals surface area contributed by atoms with Gasteiger partial charge in [0.05, 0.1) is 24.4 Å². The average molecular weight is 430 g/mol. The number of carbonyl (C=O) groups is 1. The van der Waals surface area contributed by atoms with Crippen molar-refractivity contribution < 1.29 is 27.4 Å². The van der Waals surface area contributed by atoms with E-state index in [1.54, 1.807) is 42.5 Å². The summed E-state index contributed by atoms with van der Waals surface area (Å²) in [5, 5.41) is 1.40. The number of aliphatic imine (C=N–C) groups is 1. The van der Waals surface area contributed by atoms with Gasteiger partial charge in [-0.25, -0.2) is 4.99 Å².